The van der Waals surface area contributed by atoms with Crippen LogP contribution in [0.2, 0.25) is 5.02 Å². The summed E-state index contributed by atoms with van der Waals surface area (Å²) in [5.74, 6) is 0.727. The number of ether oxygens (including phenoxy) is 1. The number of hydrogen-bond donors (Lipinski definition) is 1. The molecule has 0 aliphatic rings. The van der Waals surface area contributed by atoms with Gasteiger partial charge in [0.15, 0.2) is 4.34 Å². The Morgan fingerprint density at radius 3 is 2.74 bits per heavy atom. The van der Waals surface area contributed by atoms with Gasteiger partial charge in [0.2, 0.25) is 11.0 Å². The van der Waals surface area contributed by atoms with Gasteiger partial charge in [0, 0.05) is 12.1 Å². The fraction of sp³-hybridized carbons (Fsp3) is 0.357. The Kier molecular flexibility index (Phi) is 6.49. The zero-order chi connectivity index (χ0) is 16.8. The van der Waals surface area contributed by atoms with Gasteiger partial charge in [-0.25, -0.2) is 0 Å². The number of nitrogen functional groups attached to an aromatic ring is 1. The minimum absolute atomic E-state index is 0.00322. The molecular weight excluding hydrogens is 356 g/mol. The predicted octanol–water partition coefficient (Wildman–Crippen LogP) is 2.79. The number of aromatic nitrogens is 2. The summed E-state index contributed by atoms with van der Waals surface area (Å²) in [5.41, 5.74) is 5.53. The zero-order valence-electron chi connectivity index (χ0n) is 12.7. The first-order chi connectivity index (χ1) is 11.0. The third-order valence-electron chi connectivity index (χ3n) is 2.93. The molecule has 1 aromatic heterocycles. The van der Waals surface area contributed by atoms with Crippen LogP contribution in [0.25, 0.3) is 0 Å². The number of carbonyl (C=O) groups is 1. The number of anilines is 1. The first kappa shape index (κ1) is 17.8. The molecule has 1 unspecified atom stereocenters. The molecule has 0 radical (unpaired) electrons. The van der Waals surface area contributed by atoms with Crippen molar-refractivity contribution in [1.82, 2.24) is 15.1 Å². The zero-order valence-corrected chi connectivity index (χ0v) is 15.1. The van der Waals surface area contributed by atoms with Crippen molar-refractivity contribution in [3.05, 3.63) is 29.3 Å². The highest BCUT2D eigenvalue weighted by atomic mass is 35.5. The summed E-state index contributed by atoms with van der Waals surface area (Å²) >= 11 is 8.44. The van der Waals surface area contributed by atoms with E-state index in [9.17, 15) is 4.79 Å². The fourth-order valence-corrected chi connectivity index (χ4v) is 3.74. The molecule has 0 aliphatic heterocycles. The Balaban J connectivity index is 1.76. The van der Waals surface area contributed by atoms with Crippen LogP contribution in [-0.4, -0.2) is 46.5 Å². The summed E-state index contributed by atoms with van der Waals surface area (Å²) in [4.78, 5) is 13.9. The number of benzene rings is 1. The number of nitrogens with two attached hydrogens (primary N) is 1. The molecule has 1 atom stereocenters. The molecule has 0 saturated heterocycles. The van der Waals surface area contributed by atoms with Crippen LogP contribution in [0.3, 0.4) is 0 Å². The van der Waals surface area contributed by atoms with Crippen LogP contribution in [0.5, 0.6) is 5.75 Å². The van der Waals surface area contributed by atoms with E-state index < -0.39 is 0 Å². The van der Waals surface area contributed by atoms with Gasteiger partial charge < -0.3 is 15.4 Å². The van der Waals surface area contributed by atoms with Gasteiger partial charge in [-0.15, -0.1) is 10.2 Å². The van der Waals surface area contributed by atoms with Gasteiger partial charge in [-0.3, -0.25) is 4.79 Å². The largest absolute Gasteiger partial charge is 0.492 e. The Labute approximate surface area is 148 Å². The summed E-state index contributed by atoms with van der Waals surface area (Å²) in [5, 5.41) is 8.44. The van der Waals surface area contributed by atoms with Crippen molar-refractivity contribution in [2.45, 2.75) is 16.5 Å². The van der Waals surface area contributed by atoms with Crippen molar-refractivity contribution in [3.8, 4) is 5.75 Å². The van der Waals surface area contributed by atoms with Crippen molar-refractivity contribution in [2.75, 3.05) is 25.9 Å². The highest BCUT2D eigenvalue weighted by Gasteiger charge is 2.20. The molecule has 6 nitrogen and oxygen atoms in total. The van der Waals surface area contributed by atoms with Crippen LogP contribution in [0, 0.1) is 0 Å². The van der Waals surface area contributed by atoms with Crippen molar-refractivity contribution in [2.24, 2.45) is 0 Å². The third kappa shape index (κ3) is 5.56. The average molecular weight is 373 g/mol. The molecular formula is C14H17ClN4O2S2. The molecule has 1 amide bonds. The Bertz CT molecular complexity index is 650. The number of halogens is 1. The van der Waals surface area contributed by atoms with Gasteiger partial charge in [-0.1, -0.05) is 34.7 Å². The standard InChI is InChI=1S/C14H17ClN4O2S2/c1-9(22-14-18-17-13(16)23-14)12(20)19(2)7-8-21-11-5-3-10(15)4-6-11/h3-6,9H,7-8H2,1-2H3,(H2,16,17). The second-order valence-corrected chi connectivity index (χ2v) is 7.76. The molecule has 0 aliphatic carbocycles. The molecule has 2 aromatic rings. The lowest BCUT2D eigenvalue weighted by Gasteiger charge is -2.20. The van der Waals surface area contributed by atoms with Crippen molar-refractivity contribution < 1.29 is 9.53 Å². The third-order valence-corrected chi connectivity index (χ3v) is 5.11. The lowest BCUT2D eigenvalue weighted by molar-refractivity contribution is -0.129. The van der Waals surface area contributed by atoms with E-state index in [0.717, 1.165) is 5.75 Å². The maximum atomic E-state index is 12.3. The molecule has 124 valence electrons. The van der Waals surface area contributed by atoms with Crippen LogP contribution in [-0.2, 0) is 4.79 Å². The molecule has 1 aromatic carbocycles. The molecule has 1 heterocycles. The first-order valence-electron chi connectivity index (χ1n) is 6.84. The second-order valence-electron chi connectivity index (χ2n) is 4.73. The van der Waals surface area contributed by atoms with Gasteiger partial charge >= 0.3 is 0 Å². The fourth-order valence-electron chi connectivity index (χ4n) is 1.72. The normalized spacial score (nSPS) is 12.0. The van der Waals surface area contributed by atoms with Crippen molar-refractivity contribution in [3.63, 3.8) is 0 Å². The Morgan fingerprint density at radius 2 is 2.13 bits per heavy atom. The van der Waals surface area contributed by atoms with E-state index >= 15 is 0 Å². The van der Waals surface area contributed by atoms with Crippen LogP contribution >= 0.6 is 34.7 Å². The van der Waals surface area contributed by atoms with E-state index in [-0.39, 0.29) is 11.2 Å². The summed E-state index contributed by atoms with van der Waals surface area (Å²) in [7, 11) is 1.75. The van der Waals surface area contributed by atoms with Gasteiger partial charge in [0.1, 0.15) is 12.4 Å². The minimum Gasteiger partial charge on any atom is -0.492 e. The van der Waals surface area contributed by atoms with Crippen LogP contribution in [0.4, 0.5) is 5.13 Å². The van der Waals surface area contributed by atoms with E-state index in [1.807, 2.05) is 6.92 Å². The summed E-state index contributed by atoms with van der Waals surface area (Å²) in [6.07, 6.45) is 0. The van der Waals surface area contributed by atoms with E-state index in [2.05, 4.69) is 10.2 Å². The smallest absolute Gasteiger partial charge is 0.235 e. The molecule has 2 N–H and O–H groups in total. The SMILES string of the molecule is CC(Sc1nnc(N)s1)C(=O)N(C)CCOc1ccc(Cl)cc1. The monoisotopic (exact) mass is 372 g/mol. The van der Waals surface area contributed by atoms with Crippen LogP contribution in [0.15, 0.2) is 28.6 Å². The topological polar surface area (TPSA) is 81.3 Å². The molecule has 0 saturated carbocycles. The van der Waals surface area contributed by atoms with E-state index in [0.29, 0.717) is 27.6 Å². The van der Waals surface area contributed by atoms with E-state index in [1.54, 1.807) is 36.2 Å². The predicted molar refractivity (Wildman–Crippen MR) is 94.2 cm³/mol. The van der Waals surface area contributed by atoms with Gasteiger partial charge in [-0.05, 0) is 31.2 Å². The molecule has 0 spiro atoms. The van der Waals surface area contributed by atoms with Crippen molar-refractivity contribution >= 4 is 45.7 Å². The Morgan fingerprint density at radius 1 is 1.43 bits per heavy atom. The molecule has 9 heteroatoms. The molecule has 0 fully saturated rings. The summed E-state index contributed by atoms with van der Waals surface area (Å²) in [6.45, 7) is 2.73. The average Bonchev–Trinajstić information content (AvgIpc) is 2.93. The molecule has 23 heavy (non-hydrogen) atoms. The Hall–Kier alpha value is -1.51. The number of amides is 1. The number of hydrogen-bond acceptors (Lipinski definition) is 7. The molecule has 2 rings (SSSR count). The molecule has 0 bridgehead atoms. The maximum Gasteiger partial charge on any atom is 0.235 e. The lowest BCUT2D eigenvalue weighted by Crippen LogP contribution is -2.36. The quantitative estimate of drug-likeness (QED) is 0.752. The van der Waals surface area contributed by atoms with Crippen molar-refractivity contribution in [1.29, 1.82) is 0 Å². The number of carbonyl (C=O) groups excluding carboxylic acids is 1. The van der Waals surface area contributed by atoms with Crippen LogP contribution in [0.1, 0.15) is 6.92 Å². The maximum absolute atomic E-state index is 12.3. The highest BCUT2D eigenvalue weighted by molar-refractivity contribution is 8.02. The van der Waals surface area contributed by atoms with E-state index in [1.165, 1.54) is 23.1 Å². The number of rotatable bonds is 7. The number of likely N-dealkylation sites (N-methyl/N-ethyl adjacent to an activating group) is 1. The summed E-state index contributed by atoms with van der Waals surface area (Å²) in [6, 6.07) is 7.11. The number of thioether (sulfide) groups is 1. The summed E-state index contributed by atoms with van der Waals surface area (Å²) < 4.78 is 6.28. The van der Waals surface area contributed by atoms with Gasteiger partial charge in [0.25, 0.3) is 0 Å². The second kappa shape index (κ2) is 8.37. The highest BCUT2D eigenvalue weighted by Crippen LogP contribution is 2.28. The van der Waals surface area contributed by atoms with Gasteiger partial charge in [-0.2, -0.15) is 0 Å². The number of nitrogens with zero attached hydrogens (tertiary/aromatic N) is 3. The lowest BCUT2D eigenvalue weighted by atomic mass is 10.3. The minimum atomic E-state index is -0.261. The van der Waals surface area contributed by atoms with Gasteiger partial charge in [0.05, 0.1) is 11.8 Å². The van der Waals surface area contributed by atoms with E-state index in [4.69, 9.17) is 22.1 Å². The van der Waals surface area contributed by atoms with Crippen LogP contribution < -0.4 is 10.5 Å². The first-order valence-corrected chi connectivity index (χ1v) is 8.92.